The highest BCUT2D eigenvalue weighted by Gasteiger charge is 2.30. The molecule has 0 radical (unpaired) electrons. The molecule has 5 nitrogen and oxygen atoms in total. The topological polar surface area (TPSA) is 73.0 Å². The number of anilines is 1. The summed E-state index contributed by atoms with van der Waals surface area (Å²) in [6, 6.07) is 1.92. The van der Waals surface area contributed by atoms with Crippen LogP contribution in [0.25, 0.3) is 0 Å². The lowest BCUT2D eigenvalue weighted by molar-refractivity contribution is 0.158. The Labute approximate surface area is 94.4 Å². The van der Waals surface area contributed by atoms with E-state index in [-0.39, 0.29) is 6.10 Å². The molecule has 1 N–H and O–H groups in total. The summed E-state index contributed by atoms with van der Waals surface area (Å²) in [4.78, 5) is 9.91. The lowest BCUT2D eigenvalue weighted by atomic mass is 10.2. The molecule has 1 aliphatic carbocycles. The minimum Gasteiger partial charge on any atom is -0.391 e. The maximum absolute atomic E-state index is 9.78. The Morgan fingerprint density at radius 3 is 2.81 bits per heavy atom. The van der Waals surface area contributed by atoms with Gasteiger partial charge in [0.15, 0.2) is 5.69 Å². The molecule has 1 aliphatic rings. The van der Waals surface area contributed by atoms with Crippen LogP contribution in [0.15, 0.2) is 12.4 Å². The molecular weight excluding hydrogens is 204 g/mol. The number of rotatable bonds is 4. The number of hydrogen-bond acceptors (Lipinski definition) is 5. The molecule has 0 aliphatic heterocycles. The van der Waals surface area contributed by atoms with Gasteiger partial charge in [0.25, 0.3) is 0 Å². The molecule has 2 rings (SSSR count). The van der Waals surface area contributed by atoms with Crippen molar-refractivity contribution in [2.75, 3.05) is 18.5 Å². The highest BCUT2D eigenvalue weighted by molar-refractivity contribution is 5.36. The van der Waals surface area contributed by atoms with Gasteiger partial charge in [-0.25, -0.2) is 9.97 Å². The van der Waals surface area contributed by atoms with Crippen LogP contribution in [0.4, 0.5) is 5.82 Å². The summed E-state index contributed by atoms with van der Waals surface area (Å²) in [7, 11) is 1.86. The van der Waals surface area contributed by atoms with Crippen LogP contribution in [0, 0.1) is 17.2 Å². The van der Waals surface area contributed by atoms with Crippen LogP contribution >= 0.6 is 0 Å². The highest BCUT2D eigenvalue weighted by Crippen LogP contribution is 2.32. The molecule has 1 unspecified atom stereocenters. The van der Waals surface area contributed by atoms with Gasteiger partial charge in [-0.05, 0) is 18.8 Å². The van der Waals surface area contributed by atoms with Crippen molar-refractivity contribution in [2.45, 2.75) is 18.9 Å². The predicted octanol–water partition coefficient (Wildman–Crippen LogP) is 0.555. The maximum atomic E-state index is 9.78. The Morgan fingerprint density at radius 1 is 1.56 bits per heavy atom. The fourth-order valence-corrected chi connectivity index (χ4v) is 1.58. The summed E-state index contributed by atoms with van der Waals surface area (Å²) in [5, 5.41) is 18.4. The van der Waals surface area contributed by atoms with E-state index in [1.807, 2.05) is 18.0 Å². The average Bonchev–Trinajstić information content (AvgIpc) is 3.13. The van der Waals surface area contributed by atoms with E-state index < -0.39 is 0 Å². The number of hydrogen-bond donors (Lipinski definition) is 1. The average molecular weight is 218 g/mol. The second kappa shape index (κ2) is 4.45. The van der Waals surface area contributed by atoms with Crippen LogP contribution in [-0.4, -0.2) is 34.8 Å². The van der Waals surface area contributed by atoms with E-state index in [2.05, 4.69) is 9.97 Å². The Hall–Kier alpha value is -1.67. The van der Waals surface area contributed by atoms with Crippen molar-refractivity contribution in [3.8, 4) is 6.07 Å². The molecular formula is C11H14N4O. The number of likely N-dealkylation sites (N-methyl/N-ethyl adjacent to an activating group) is 1. The van der Waals surface area contributed by atoms with E-state index in [1.165, 1.54) is 6.20 Å². The van der Waals surface area contributed by atoms with E-state index in [0.717, 1.165) is 12.8 Å². The van der Waals surface area contributed by atoms with Gasteiger partial charge in [-0.1, -0.05) is 0 Å². The van der Waals surface area contributed by atoms with Crippen molar-refractivity contribution in [3.05, 3.63) is 18.1 Å². The van der Waals surface area contributed by atoms with E-state index in [1.54, 1.807) is 6.20 Å². The molecule has 1 aromatic heterocycles. The molecule has 1 saturated carbocycles. The second-order valence-corrected chi connectivity index (χ2v) is 4.16. The predicted molar refractivity (Wildman–Crippen MR) is 58.7 cm³/mol. The Morgan fingerprint density at radius 2 is 2.31 bits per heavy atom. The summed E-state index contributed by atoms with van der Waals surface area (Å²) in [5.41, 5.74) is 0.305. The zero-order valence-corrected chi connectivity index (χ0v) is 9.17. The normalized spacial score (nSPS) is 16.6. The Bertz CT molecular complexity index is 393. The molecule has 0 bridgehead atoms. The Kier molecular flexibility index (Phi) is 3.02. The van der Waals surface area contributed by atoms with Crippen LogP contribution in [-0.2, 0) is 0 Å². The van der Waals surface area contributed by atoms with Gasteiger partial charge < -0.3 is 10.0 Å². The molecule has 16 heavy (non-hydrogen) atoms. The van der Waals surface area contributed by atoms with E-state index in [0.29, 0.717) is 24.0 Å². The monoisotopic (exact) mass is 218 g/mol. The number of aromatic nitrogens is 2. The van der Waals surface area contributed by atoms with Gasteiger partial charge in [0.1, 0.15) is 11.9 Å². The number of aliphatic hydroxyl groups excluding tert-OH is 1. The summed E-state index contributed by atoms with van der Waals surface area (Å²) in [6.45, 7) is 0.561. The molecule has 1 atom stereocenters. The van der Waals surface area contributed by atoms with Gasteiger partial charge in [-0.2, -0.15) is 5.26 Å². The number of aliphatic hydroxyl groups is 1. The van der Waals surface area contributed by atoms with Gasteiger partial charge in [0.05, 0.1) is 18.5 Å². The third-order valence-electron chi connectivity index (χ3n) is 2.77. The van der Waals surface area contributed by atoms with Crippen LogP contribution in [0.1, 0.15) is 18.5 Å². The lowest BCUT2D eigenvalue weighted by Crippen LogP contribution is -2.30. The second-order valence-electron chi connectivity index (χ2n) is 4.16. The number of nitriles is 1. The smallest absolute Gasteiger partial charge is 0.158 e. The van der Waals surface area contributed by atoms with E-state index in [9.17, 15) is 5.11 Å². The molecule has 5 heteroatoms. The molecule has 1 fully saturated rings. The third kappa shape index (κ3) is 2.47. The van der Waals surface area contributed by atoms with Gasteiger partial charge in [-0.3, -0.25) is 0 Å². The maximum Gasteiger partial charge on any atom is 0.158 e. The van der Waals surface area contributed by atoms with Crippen molar-refractivity contribution < 1.29 is 5.11 Å². The van der Waals surface area contributed by atoms with Gasteiger partial charge in [-0.15, -0.1) is 0 Å². The van der Waals surface area contributed by atoms with Crippen molar-refractivity contribution in [3.63, 3.8) is 0 Å². The summed E-state index contributed by atoms with van der Waals surface area (Å²) >= 11 is 0. The molecule has 0 amide bonds. The fraction of sp³-hybridized carbons (Fsp3) is 0.545. The molecule has 84 valence electrons. The van der Waals surface area contributed by atoms with Crippen LogP contribution < -0.4 is 4.90 Å². The first kappa shape index (κ1) is 10.8. The lowest BCUT2D eigenvalue weighted by Gasteiger charge is -2.21. The number of nitrogens with zero attached hydrogens (tertiary/aromatic N) is 4. The molecule has 0 saturated heterocycles. The zero-order valence-electron chi connectivity index (χ0n) is 9.17. The first-order valence-corrected chi connectivity index (χ1v) is 5.32. The largest absolute Gasteiger partial charge is 0.391 e. The minimum absolute atomic E-state index is 0.289. The fourth-order valence-electron chi connectivity index (χ4n) is 1.58. The van der Waals surface area contributed by atoms with Gasteiger partial charge in [0, 0.05) is 13.6 Å². The van der Waals surface area contributed by atoms with Crippen LogP contribution in [0.2, 0.25) is 0 Å². The van der Waals surface area contributed by atoms with Crippen molar-refractivity contribution in [1.29, 1.82) is 5.26 Å². The van der Waals surface area contributed by atoms with Gasteiger partial charge >= 0.3 is 0 Å². The van der Waals surface area contributed by atoms with Crippen LogP contribution in [0.5, 0.6) is 0 Å². The summed E-state index contributed by atoms with van der Waals surface area (Å²) in [6.07, 6.45) is 4.94. The summed E-state index contributed by atoms with van der Waals surface area (Å²) in [5.74, 6) is 1.13. The standard InChI is InChI=1S/C11H14N4O/c1-15(7-10(16)8-2-3-8)11-6-13-9(4-12)5-14-11/h5-6,8,10,16H,2-3,7H2,1H3. The molecule has 1 heterocycles. The van der Waals surface area contributed by atoms with Crippen molar-refractivity contribution in [2.24, 2.45) is 5.92 Å². The minimum atomic E-state index is -0.289. The molecule has 1 aromatic rings. The highest BCUT2D eigenvalue weighted by atomic mass is 16.3. The zero-order chi connectivity index (χ0) is 11.5. The van der Waals surface area contributed by atoms with Crippen molar-refractivity contribution >= 4 is 5.82 Å². The van der Waals surface area contributed by atoms with Crippen molar-refractivity contribution in [1.82, 2.24) is 9.97 Å². The third-order valence-corrected chi connectivity index (χ3v) is 2.77. The first-order valence-electron chi connectivity index (χ1n) is 5.32. The van der Waals surface area contributed by atoms with Gasteiger partial charge in [0.2, 0.25) is 0 Å². The Balaban J connectivity index is 1.97. The van der Waals surface area contributed by atoms with E-state index >= 15 is 0 Å². The first-order chi connectivity index (χ1) is 7.70. The summed E-state index contributed by atoms with van der Waals surface area (Å²) < 4.78 is 0. The molecule has 0 spiro atoms. The quantitative estimate of drug-likeness (QED) is 0.799. The molecule has 0 aromatic carbocycles. The SMILES string of the molecule is CN(CC(O)C1CC1)c1cnc(C#N)cn1. The van der Waals surface area contributed by atoms with E-state index in [4.69, 9.17) is 5.26 Å². The van der Waals surface area contributed by atoms with Crippen LogP contribution in [0.3, 0.4) is 0 Å².